The minimum absolute atomic E-state index is 0.0726. The number of ether oxygens (including phenoxy) is 4. The fraction of sp³-hybridized carbons (Fsp3) is 0.359. The maximum absolute atomic E-state index is 12.4. The topological polar surface area (TPSA) is 101 Å². The second-order valence-electron chi connectivity index (χ2n) is 11.3. The van der Waals surface area contributed by atoms with Gasteiger partial charge in [0.1, 0.15) is 11.3 Å². The molecular weight excluding hydrogens is 596 g/mol. The average molecular weight is 641 g/mol. The van der Waals surface area contributed by atoms with Crippen molar-refractivity contribution in [3.05, 3.63) is 118 Å². The summed E-state index contributed by atoms with van der Waals surface area (Å²) in [7, 11) is 2.70. The zero-order chi connectivity index (χ0) is 33.3. The molecular formula is C39H44O8. The van der Waals surface area contributed by atoms with E-state index < -0.39 is 12.1 Å². The number of carbonyl (C=O) groups excluding carboxylic acids is 2. The van der Waals surface area contributed by atoms with Gasteiger partial charge in [-0.2, -0.15) is 0 Å². The molecule has 3 aromatic carbocycles. The molecule has 1 unspecified atom stereocenters. The molecule has 4 aromatic rings. The first-order chi connectivity index (χ1) is 23.0. The molecule has 0 aliphatic rings. The lowest BCUT2D eigenvalue weighted by molar-refractivity contribution is -0.154. The summed E-state index contributed by atoms with van der Waals surface area (Å²) < 4.78 is 27.5. The Balaban J connectivity index is 1.27. The van der Waals surface area contributed by atoms with Gasteiger partial charge in [0, 0.05) is 31.1 Å². The largest absolute Gasteiger partial charge is 0.493 e. The van der Waals surface area contributed by atoms with Gasteiger partial charge >= 0.3 is 11.9 Å². The molecule has 0 fully saturated rings. The van der Waals surface area contributed by atoms with Crippen LogP contribution in [0, 0.1) is 0 Å². The molecule has 0 saturated carbocycles. The van der Waals surface area contributed by atoms with Crippen LogP contribution < -0.4 is 10.2 Å². The maximum Gasteiger partial charge on any atom is 0.335 e. The van der Waals surface area contributed by atoms with Crippen molar-refractivity contribution in [3.63, 3.8) is 0 Å². The van der Waals surface area contributed by atoms with Crippen LogP contribution in [0.1, 0.15) is 60.8 Å². The number of esters is 2. The number of rotatable bonds is 19. The summed E-state index contributed by atoms with van der Waals surface area (Å²) in [6, 6.07) is 23.2. The Morgan fingerprint density at radius 2 is 1.57 bits per heavy atom. The van der Waals surface area contributed by atoms with Gasteiger partial charge < -0.3 is 23.4 Å². The van der Waals surface area contributed by atoms with Crippen molar-refractivity contribution in [2.24, 2.45) is 0 Å². The monoisotopic (exact) mass is 640 g/mol. The second-order valence-corrected chi connectivity index (χ2v) is 11.3. The lowest BCUT2D eigenvalue weighted by atomic mass is 9.97. The summed E-state index contributed by atoms with van der Waals surface area (Å²) >= 11 is 0. The number of fused-ring (bicyclic) bond motifs is 1. The number of benzene rings is 3. The van der Waals surface area contributed by atoms with Gasteiger partial charge in [0.2, 0.25) is 0 Å². The smallest absolute Gasteiger partial charge is 0.335 e. The van der Waals surface area contributed by atoms with Gasteiger partial charge in [-0.05, 0) is 60.9 Å². The summed E-state index contributed by atoms with van der Waals surface area (Å²) in [6.07, 6.45) is 11.3. The van der Waals surface area contributed by atoms with Crippen LogP contribution in [0.5, 0.6) is 5.75 Å². The molecule has 0 N–H and O–H groups in total. The second kappa shape index (κ2) is 19.1. The Kier molecular flexibility index (Phi) is 14.3. The van der Waals surface area contributed by atoms with E-state index in [0.29, 0.717) is 36.8 Å². The van der Waals surface area contributed by atoms with Crippen molar-refractivity contribution >= 4 is 29.0 Å². The maximum atomic E-state index is 12.4. The van der Waals surface area contributed by atoms with Crippen LogP contribution in [0.2, 0.25) is 0 Å². The van der Waals surface area contributed by atoms with Crippen molar-refractivity contribution in [2.45, 2.75) is 63.9 Å². The van der Waals surface area contributed by atoms with Gasteiger partial charge in [-0.15, -0.1) is 0 Å². The predicted molar refractivity (Wildman–Crippen MR) is 182 cm³/mol. The fourth-order valence-electron chi connectivity index (χ4n) is 5.44. The van der Waals surface area contributed by atoms with Crippen molar-refractivity contribution in [2.75, 3.05) is 27.4 Å². The Labute approximate surface area is 276 Å². The third kappa shape index (κ3) is 11.0. The summed E-state index contributed by atoms with van der Waals surface area (Å²) in [5, 5.41) is 0.547. The molecule has 0 radical (unpaired) electrons. The Morgan fingerprint density at radius 3 is 2.36 bits per heavy atom. The van der Waals surface area contributed by atoms with E-state index >= 15 is 0 Å². The molecule has 47 heavy (non-hydrogen) atoms. The summed E-state index contributed by atoms with van der Waals surface area (Å²) in [4.78, 5) is 36.2. The molecule has 0 bridgehead atoms. The highest BCUT2D eigenvalue weighted by molar-refractivity contribution is 5.82. The van der Waals surface area contributed by atoms with Gasteiger partial charge in [-0.25, -0.2) is 4.79 Å². The van der Waals surface area contributed by atoms with Gasteiger partial charge in [-0.3, -0.25) is 9.59 Å². The molecule has 0 aliphatic heterocycles. The van der Waals surface area contributed by atoms with E-state index in [0.717, 1.165) is 54.5 Å². The predicted octanol–water partition coefficient (Wildman–Crippen LogP) is 7.28. The van der Waals surface area contributed by atoms with Gasteiger partial charge in [-0.1, -0.05) is 79.6 Å². The van der Waals surface area contributed by atoms with Crippen LogP contribution >= 0.6 is 0 Å². The number of hydrogen-bond acceptors (Lipinski definition) is 8. The molecule has 8 nitrogen and oxygen atoms in total. The summed E-state index contributed by atoms with van der Waals surface area (Å²) in [5.41, 5.74) is 4.69. The SMILES string of the molecule is COC(=O)CCCOC(Cc1ccccc1CCCCCCOc1ccc2c(=O)ccoc2c1CC=Cc1ccccc1)C(=O)OC. The number of carbonyl (C=O) groups is 2. The van der Waals surface area contributed by atoms with Gasteiger partial charge in [0.25, 0.3) is 0 Å². The lowest BCUT2D eigenvalue weighted by Gasteiger charge is -2.18. The first-order valence-corrected chi connectivity index (χ1v) is 16.2. The van der Waals surface area contributed by atoms with Crippen LogP contribution in [-0.2, 0) is 43.1 Å². The minimum Gasteiger partial charge on any atom is -0.493 e. The average Bonchev–Trinajstić information content (AvgIpc) is 3.10. The van der Waals surface area contributed by atoms with Crippen molar-refractivity contribution in [1.82, 2.24) is 0 Å². The van der Waals surface area contributed by atoms with Gasteiger partial charge in [0.05, 0.1) is 32.5 Å². The molecule has 0 saturated heterocycles. The van der Waals surface area contributed by atoms with E-state index in [-0.39, 0.29) is 24.4 Å². The lowest BCUT2D eigenvalue weighted by Crippen LogP contribution is -2.29. The number of methoxy groups -OCH3 is 2. The Morgan fingerprint density at radius 1 is 0.809 bits per heavy atom. The van der Waals surface area contributed by atoms with Crippen LogP contribution in [0.4, 0.5) is 0 Å². The van der Waals surface area contributed by atoms with E-state index in [1.807, 2.05) is 54.6 Å². The summed E-state index contributed by atoms with van der Waals surface area (Å²) in [5.74, 6) is -0.00616. The van der Waals surface area contributed by atoms with E-state index in [9.17, 15) is 14.4 Å². The third-order valence-electron chi connectivity index (χ3n) is 7.98. The zero-order valence-corrected chi connectivity index (χ0v) is 27.3. The van der Waals surface area contributed by atoms with Crippen LogP contribution in [0.15, 0.2) is 94.3 Å². The molecule has 1 atom stereocenters. The molecule has 1 heterocycles. The normalized spacial score (nSPS) is 11.9. The summed E-state index contributed by atoms with van der Waals surface area (Å²) in [6.45, 7) is 0.821. The first-order valence-electron chi connectivity index (χ1n) is 16.2. The highest BCUT2D eigenvalue weighted by atomic mass is 16.6. The standard InChI is InChI=1S/C39H44O8/c1-43-37(41)21-13-26-46-36(39(42)44-2)28-31-19-10-9-18-30(31)17-8-3-4-11-25-45-35-23-22-32-34(40)24-27-47-38(32)33(35)20-12-16-29-14-6-5-7-15-29/h5-7,9-10,12,14-16,18-19,22-24,27,36H,3-4,8,11,13,17,20-21,25-26,28H2,1-2H3. The molecule has 4 rings (SSSR count). The molecule has 1 aromatic heterocycles. The number of aryl methyl sites for hydroxylation is 1. The highest BCUT2D eigenvalue weighted by Crippen LogP contribution is 2.28. The number of unbranched alkanes of at least 4 members (excludes halogenated alkanes) is 3. The molecule has 0 amide bonds. The van der Waals surface area contributed by atoms with Crippen molar-refractivity contribution < 1.29 is 33.0 Å². The van der Waals surface area contributed by atoms with E-state index in [2.05, 4.69) is 23.0 Å². The molecule has 0 aliphatic carbocycles. The van der Waals surface area contributed by atoms with E-state index in [4.69, 9.17) is 18.6 Å². The van der Waals surface area contributed by atoms with Crippen LogP contribution in [0.25, 0.3) is 17.0 Å². The third-order valence-corrected chi connectivity index (χ3v) is 7.98. The molecule has 248 valence electrons. The van der Waals surface area contributed by atoms with Crippen molar-refractivity contribution in [1.29, 1.82) is 0 Å². The number of hydrogen-bond donors (Lipinski definition) is 0. The molecule has 8 heteroatoms. The fourth-order valence-corrected chi connectivity index (χ4v) is 5.44. The number of allylic oxidation sites excluding steroid dienone is 1. The minimum atomic E-state index is -0.738. The Bertz CT molecular complexity index is 1660. The van der Waals surface area contributed by atoms with Gasteiger partial charge in [0.15, 0.2) is 11.5 Å². The van der Waals surface area contributed by atoms with Crippen LogP contribution in [0.3, 0.4) is 0 Å². The highest BCUT2D eigenvalue weighted by Gasteiger charge is 2.22. The van der Waals surface area contributed by atoms with Crippen molar-refractivity contribution in [3.8, 4) is 5.75 Å². The van der Waals surface area contributed by atoms with E-state index in [1.54, 1.807) is 6.07 Å². The first kappa shape index (κ1) is 35.2. The van der Waals surface area contributed by atoms with Crippen LogP contribution in [-0.4, -0.2) is 45.5 Å². The Hall–Kier alpha value is -4.69. The van der Waals surface area contributed by atoms with E-state index in [1.165, 1.54) is 32.1 Å². The molecule has 0 spiro atoms. The zero-order valence-electron chi connectivity index (χ0n) is 27.3. The quantitative estimate of drug-likeness (QED) is 0.0779.